The lowest BCUT2D eigenvalue weighted by Crippen LogP contribution is -2.26. The lowest BCUT2D eigenvalue weighted by Gasteiger charge is -2.26. The Morgan fingerprint density at radius 2 is 2.17 bits per heavy atom. The number of aliphatic hydroxyl groups is 1. The predicted molar refractivity (Wildman–Crippen MR) is 51.3 cm³/mol. The molecular weight excluding hydrogens is 152 g/mol. The van der Waals surface area contributed by atoms with Gasteiger partial charge in [-0.2, -0.15) is 0 Å². The van der Waals surface area contributed by atoms with Gasteiger partial charge in [-0.05, 0) is 25.8 Å². The Morgan fingerprint density at radius 1 is 1.50 bits per heavy atom. The summed E-state index contributed by atoms with van der Waals surface area (Å²) in [5, 5.41) is 8.51. The van der Waals surface area contributed by atoms with E-state index in [0.29, 0.717) is 0 Å². The summed E-state index contributed by atoms with van der Waals surface area (Å²) in [6.45, 7) is 4.24. The minimum atomic E-state index is -0.102. The lowest BCUT2D eigenvalue weighted by molar-refractivity contribution is -0.000505. The molecule has 0 aromatic carbocycles. The molecular formula is C10H20O2. The first kappa shape index (κ1) is 11.5. The third-order valence-corrected chi connectivity index (χ3v) is 2.21. The molecule has 0 aliphatic rings. The number of methoxy groups -OCH3 is 1. The smallest absolute Gasteiger partial charge is 0.0752 e. The Balaban J connectivity index is 3.86. The Morgan fingerprint density at radius 3 is 2.58 bits per heavy atom. The molecule has 72 valence electrons. The van der Waals surface area contributed by atoms with Crippen LogP contribution in [0.15, 0.2) is 12.3 Å². The van der Waals surface area contributed by atoms with Gasteiger partial charge >= 0.3 is 0 Å². The standard InChI is InChI=1S/C10H20O2/c1-4-5-7-10(2,12-3)8-6-9-11/h6,9,11H,4-5,7-8H2,1-3H3/b9-6+. The van der Waals surface area contributed by atoms with Crippen LogP contribution in [-0.4, -0.2) is 17.8 Å². The first-order valence-corrected chi connectivity index (χ1v) is 4.53. The number of rotatable bonds is 6. The second-order valence-electron chi connectivity index (χ2n) is 3.35. The zero-order valence-electron chi connectivity index (χ0n) is 8.34. The van der Waals surface area contributed by atoms with Crippen molar-refractivity contribution in [1.82, 2.24) is 0 Å². The molecule has 0 aliphatic carbocycles. The normalized spacial score (nSPS) is 16.6. The Bertz CT molecular complexity index is 132. The Labute approximate surface area is 75.2 Å². The number of hydrogen-bond acceptors (Lipinski definition) is 2. The second-order valence-corrected chi connectivity index (χ2v) is 3.35. The Kier molecular flexibility index (Phi) is 5.81. The van der Waals surface area contributed by atoms with Gasteiger partial charge in [0.05, 0.1) is 11.9 Å². The summed E-state index contributed by atoms with van der Waals surface area (Å²) in [4.78, 5) is 0. The number of aliphatic hydroxyl groups excluding tert-OH is 1. The zero-order valence-corrected chi connectivity index (χ0v) is 8.34. The fourth-order valence-electron chi connectivity index (χ4n) is 1.14. The van der Waals surface area contributed by atoms with Crippen molar-refractivity contribution in [3.05, 3.63) is 12.3 Å². The van der Waals surface area contributed by atoms with E-state index in [9.17, 15) is 0 Å². The van der Waals surface area contributed by atoms with Crippen LogP contribution in [-0.2, 0) is 4.74 Å². The van der Waals surface area contributed by atoms with Gasteiger partial charge in [0, 0.05) is 7.11 Å². The summed E-state index contributed by atoms with van der Waals surface area (Å²) in [5.41, 5.74) is -0.102. The summed E-state index contributed by atoms with van der Waals surface area (Å²) in [7, 11) is 1.72. The molecule has 0 saturated heterocycles. The molecule has 0 saturated carbocycles. The SMILES string of the molecule is CCCCC(C)(C/C=C/O)OC. The summed E-state index contributed by atoms with van der Waals surface area (Å²) < 4.78 is 5.38. The highest BCUT2D eigenvalue weighted by Gasteiger charge is 2.20. The maximum atomic E-state index is 8.51. The van der Waals surface area contributed by atoms with Gasteiger partial charge in [0.25, 0.3) is 0 Å². The van der Waals surface area contributed by atoms with E-state index >= 15 is 0 Å². The topological polar surface area (TPSA) is 29.5 Å². The van der Waals surface area contributed by atoms with E-state index < -0.39 is 0 Å². The fraction of sp³-hybridized carbons (Fsp3) is 0.800. The summed E-state index contributed by atoms with van der Waals surface area (Å²) in [6.07, 6.45) is 7.00. The van der Waals surface area contributed by atoms with Crippen LogP contribution in [0.2, 0.25) is 0 Å². The molecule has 0 aromatic heterocycles. The van der Waals surface area contributed by atoms with Crippen molar-refractivity contribution in [2.24, 2.45) is 0 Å². The van der Waals surface area contributed by atoms with Crippen LogP contribution in [0.3, 0.4) is 0 Å². The first-order chi connectivity index (χ1) is 5.68. The third-order valence-electron chi connectivity index (χ3n) is 2.21. The van der Waals surface area contributed by atoms with Crippen LogP contribution in [0, 0.1) is 0 Å². The first-order valence-electron chi connectivity index (χ1n) is 4.53. The minimum Gasteiger partial charge on any atom is -0.516 e. The molecule has 0 amide bonds. The summed E-state index contributed by atoms with van der Waals surface area (Å²) >= 11 is 0. The van der Waals surface area contributed by atoms with Gasteiger partial charge < -0.3 is 9.84 Å². The molecule has 0 spiro atoms. The van der Waals surface area contributed by atoms with Gasteiger partial charge in [-0.1, -0.05) is 19.8 Å². The monoisotopic (exact) mass is 172 g/mol. The lowest BCUT2D eigenvalue weighted by atomic mass is 9.95. The number of ether oxygens (including phenoxy) is 1. The highest BCUT2D eigenvalue weighted by Crippen LogP contribution is 2.22. The van der Waals surface area contributed by atoms with E-state index in [1.165, 1.54) is 12.8 Å². The van der Waals surface area contributed by atoms with Gasteiger partial charge in [0.15, 0.2) is 0 Å². The highest BCUT2D eigenvalue weighted by atomic mass is 16.5. The third kappa shape index (κ3) is 4.39. The molecule has 1 N–H and O–H groups in total. The van der Waals surface area contributed by atoms with E-state index in [1.54, 1.807) is 13.2 Å². The van der Waals surface area contributed by atoms with E-state index in [4.69, 9.17) is 9.84 Å². The van der Waals surface area contributed by atoms with Gasteiger partial charge in [-0.25, -0.2) is 0 Å². The molecule has 12 heavy (non-hydrogen) atoms. The molecule has 0 radical (unpaired) electrons. The molecule has 2 heteroatoms. The number of hydrogen-bond donors (Lipinski definition) is 1. The zero-order chi connectivity index (χ0) is 9.45. The average molecular weight is 172 g/mol. The van der Waals surface area contributed by atoms with Gasteiger partial charge in [-0.3, -0.25) is 0 Å². The molecule has 0 heterocycles. The largest absolute Gasteiger partial charge is 0.516 e. The van der Waals surface area contributed by atoms with Crippen molar-refractivity contribution in [2.75, 3.05) is 7.11 Å². The summed E-state index contributed by atoms with van der Waals surface area (Å²) in [5.74, 6) is 0. The van der Waals surface area contributed by atoms with Crippen LogP contribution < -0.4 is 0 Å². The van der Waals surface area contributed by atoms with Crippen LogP contribution in [0.1, 0.15) is 39.5 Å². The van der Waals surface area contributed by atoms with E-state index in [2.05, 4.69) is 13.8 Å². The molecule has 1 unspecified atom stereocenters. The van der Waals surface area contributed by atoms with Crippen molar-refractivity contribution in [2.45, 2.75) is 45.1 Å². The molecule has 0 rings (SSSR count). The van der Waals surface area contributed by atoms with Crippen molar-refractivity contribution in [1.29, 1.82) is 0 Å². The summed E-state index contributed by atoms with van der Waals surface area (Å²) in [6, 6.07) is 0. The minimum absolute atomic E-state index is 0.102. The van der Waals surface area contributed by atoms with Gasteiger partial charge in [-0.15, -0.1) is 0 Å². The quantitative estimate of drug-likeness (QED) is 0.624. The molecule has 0 bridgehead atoms. The average Bonchev–Trinajstić information content (AvgIpc) is 2.11. The molecule has 1 atom stereocenters. The van der Waals surface area contributed by atoms with Crippen LogP contribution >= 0.6 is 0 Å². The van der Waals surface area contributed by atoms with Crippen molar-refractivity contribution in [3.8, 4) is 0 Å². The van der Waals surface area contributed by atoms with Crippen molar-refractivity contribution >= 4 is 0 Å². The fourth-order valence-corrected chi connectivity index (χ4v) is 1.14. The van der Waals surface area contributed by atoms with E-state index in [0.717, 1.165) is 19.1 Å². The molecule has 0 aromatic rings. The Hall–Kier alpha value is -0.500. The van der Waals surface area contributed by atoms with E-state index in [-0.39, 0.29) is 5.60 Å². The van der Waals surface area contributed by atoms with Crippen molar-refractivity contribution < 1.29 is 9.84 Å². The van der Waals surface area contributed by atoms with Crippen LogP contribution in [0.4, 0.5) is 0 Å². The molecule has 2 nitrogen and oxygen atoms in total. The number of unbranched alkanes of at least 4 members (excludes halogenated alkanes) is 1. The second kappa shape index (κ2) is 6.06. The van der Waals surface area contributed by atoms with Gasteiger partial charge in [0.2, 0.25) is 0 Å². The van der Waals surface area contributed by atoms with Crippen LogP contribution in [0.5, 0.6) is 0 Å². The molecule has 0 aliphatic heterocycles. The molecule has 0 fully saturated rings. The maximum Gasteiger partial charge on any atom is 0.0752 e. The van der Waals surface area contributed by atoms with E-state index in [1.807, 2.05) is 0 Å². The van der Waals surface area contributed by atoms with Crippen LogP contribution in [0.25, 0.3) is 0 Å². The predicted octanol–water partition coefficient (Wildman–Crippen LogP) is 3.04. The maximum absolute atomic E-state index is 8.51. The highest BCUT2D eigenvalue weighted by molar-refractivity contribution is 4.85. The van der Waals surface area contributed by atoms with Crippen molar-refractivity contribution in [3.63, 3.8) is 0 Å². The van der Waals surface area contributed by atoms with Gasteiger partial charge in [0.1, 0.15) is 0 Å².